The van der Waals surface area contributed by atoms with Gasteiger partial charge in [-0.15, -0.1) is 0 Å². The molecular weight excluding hydrogens is 366 g/mol. The van der Waals surface area contributed by atoms with Gasteiger partial charge in [0.2, 0.25) is 5.91 Å². The summed E-state index contributed by atoms with van der Waals surface area (Å²) in [4.78, 5) is 31.7. The number of hydrogen-bond acceptors (Lipinski definition) is 4. The maximum absolute atomic E-state index is 12.4. The molecule has 2 N–H and O–H groups in total. The minimum Gasteiger partial charge on any atom is -0.349 e. The number of H-pyrrole nitrogens is 1. The van der Waals surface area contributed by atoms with E-state index in [0.717, 1.165) is 18.5 Å². The maximum atomic E-state index is 12.4. The van der Waals surface area contributed by atoms with Gasteiger partial charge in [0, 0.05) is 6.42 Å². The maximum Gasteiger partial charge on any atom is 0.262 e. The zero-order valence-electron chi connectivity index (χ0n) is 15.8. The summed E-state index contributed by atoms with van der Waals surface area (Å²) in [7, 11) is 0. The molecule has 7 heteroatoms. The van der Waals surface area contributed by atoms with Gasteiger partial charge in [0.15, 0.2) is 5.65 Å². The van der Waals surface area contributed by atoms with Crippen LogP contribution in [0.5, 0.6) is 0 Å². The lowest BCUT2D eigenvalue weighted by Crippen LogP contribution is -2.25. The molecule has 0 bridgehead atoms. The van der Waals surface area contributed by atoms with E-state index >= 15 is 0 Å². The summed E-state index contributed by atoms with van der Waals surface area (Å²) in [5.74, 6) is 0.330. The van der Waals surface area contributed by atoms with Crippen LogP contribution in [0, 0.1) is 0 Å². The second-order valence-electron chi connectivity index (χ2n) is 6.76. The zero-order valence-corrected chi connectivity index (χ0v) is 15.8. The summed E-state index contributed by atoms with van der Waals surface area (Å²) in [5.41, 5.74) is 2.22. The van der Waals surface area contributed by atoms with Crippen molar-refractivity contribution in [3.8, 4) is 5.69 Å². The van der Waals surface area contributed by atoms with Gasteiger partial charge >= 0.3 is 0 Å². The Hall–Kier alpha value is -3.74. The van der Waals surface area contributed by atoms with Crippen molar-refractivity contribution in [2.45, 2.75) is 25.8 Å². The molecule has 0 fully saturated rings. The van der Waals surface area contributed by atoms with Crippen LogP contribution in [0.15, 0.2) is 71.7 Å². The molecule has 0 radical (unpaired) electrons. The van der Waals surface area contributed by atoms with Crippen molar-refractivity contribution in [3.63, 3.8) is 0 Å². The highest BCUT2D eigenvalue weighted by Gasteiger charge is 2.12. The Morgan fingerprint density at radius 3 is 2.52 bits per heavy atom. The van der Waals surface area contributed by atoms with E-state index in [-0.39, 0.29) is 18.0 Å². The zero-order chi connectivity index (χ0) is 20.1. The number of fused-ring (bicyclic) bond motifs is 1. The highest BCUT2D eigenvalue weighted by molar-refractivity contribution is 5.76. The summed E-state index contributed by atoms with van der Waals surface area (Å²) in [6, 6.07) is 19.6. The predicted molar refractivity (Wildman–Crippen MR) is 111 cm³/mol. The molecule has 4 rings (SSSR count). The number of carbonyl (C=O) groups is 1. The monoisotopic (exact) mass is 387 g/mol. The lowest BCUT2D eigenvalue weighted by atomic mass is 10.1. The largest absolute Gasteiger partial charge is 0.349 e. The fourth-order valence-electron chi connectivity index (χ4n) is 3.17. The highest BCUT2D eigenvalue weighted by Crippen LogP contribution is 2.13. The third-order valence-corrected chi connectivity index (χ3v) is 4.65. The van der Waals surface area contributed by atoms with Crippen LogP contribution in [0.2, 0.25) is 0 Å². The van der Waals surface area contributed by atoms with Crippen LogP contribution in [0.1, 0.15) is 24.2 Å². The standard InChI is InChI=1S/C22H21N5O2/c28-20(13-7-10-16-8-3-1-4-9-16)23-15-19-25-21-18(22(29)26-19)14-24-27(21)17-11-5-2-6-12-17/h1-6,8-9,11-12,14H,7,10,13,15H2,(H,23,28)(H,25,26,29). The number of benzene rings is 2. The molecule has 0 aliphatic rings. The van der Waals surface area contributed by atoms with E-state index in [2.05, 4.69) is 32.5 Å². The van der Waals surface area contributed by atoms with Crippen LogP contribution in [0.3, 0.4) is 0 Å². The quantitative estimate of drug-likeness (QED) is 0.510. The molecular formula is C22H21N5O2. The summed E-state index contributed by atoms with van der Waals surface area (Å²) in [5, 5.41) is 7.52. The normalized spacial score (nSPS) is 10.9. The van der Waals surface area contributed by atoms with Crippen LogP contribution in [0.4, 0.5) is 0 Å². The number of aromatic nitrogens is 4. The van der Waals surface area contributed by atoms with Crippen molar-refractivity contribution in [2.75, 3.05) is 0 Å². The fourth-order valence-corrected chi connectivity index (χ4v) is 3.17. The van der Waals surface area contributed by atoms with Gasteiger partial charge < -0.3 is 10.3 Å². The van der Waals surface area contributed by atoms with Crippen molar-refractivity contribution >= 4 is 16.9 Å². The van der Waals surface area contributed by atoms with Gasteiger partial charge in [-0.3, -0.25) is 9.59 Å². The third kappa shape index (κ3) is 4.40. The van der Waals surface area contributed by atoms with Crippen LogP contribution in [-0.2, 0) is 17.8 Å². The average Bonchev–Trinajstić information content (AvgIpc) is 3.18. The number of nitrogens with zero attached hydrogens (tertiary/aromatic N) is 3. The first-order chi connectivity index (χ1) is 14.2. The first-order valence-corrected chi connectivity index (χ1v) is 9.54. The molecule has 2 aromatic heterocycles. The van der Waals surface area contributed by atoms with Gasteiger partial charge in [0.25, 0.3) is 5.56 Å². The van der Waals surface area contributed by atoms with Gasteiger partial charge in [0.05, 0.1) is 18.4 Å². The molecule has 0 spiro atoms. The number of amides is 1. The number of aryl methyl sites for hydroxylation is 1. The van der Waals surface area contributed by atoms with E-state index in [1.807, 2.05) is 48.5 Å². The smallest absolute Gasteiger partial charge is 0.262 e. The highest BCUT2D eigenvalue weighted by atomic mass is 16.1. The molecule has 1 amide bonds. The van der Waals surface area contributed by atoms with Gasteiger partial charge in [-0.25, -0.2) is 9.67 Å². The van der Waals surface area contributed by atoms with E-state index in [9.17, 15) is 9.59 Å². The first kappa shape index (κ1) is 18.6. The second kappa shape index (κ2) is 8.52. The summed E-state index contributed by atoms with van der Waals surface area (Å²) in [6.07, 6.45) is 3.54. The Bertz CT molecular complexity index is 1170. The molecule has 0 saturated carbocycles. The SMILES string of the molecule is O=C(CCCc1ccccc1)NCc1nc2c(cnn2-c2ccccc2)c(=O)[nH]1. The molecule has 7 nitrogen and oxygen atoms in total. The van der Waals surface area contributed by atoms with Gasteiger partial charge in [-0.05, 0) is 30.5 Å². The van der Waals surface area contributed by atoms with Crippen molar-refractivity contribution in [2.24, 2.45) is 0 Å². The minimum atomic E-state index is -0.273. The molecule has 2 aromatic carbocycles. The van der Waals surface area contributed by atoms with Gasteiger partial charge in [0.1, 0.15) is 11.2 Å². The number of carbonyl (C=O) groups excluding carboxylic acids is 1. The fraction of sp³-hybridized carbons (Fsp3) is 0.182. The topological polar surface area (TPSA) is 92.7 Å². The van der Waals surface area contributed by atoms with Crippen LogP contribution in [-0.4, -0.2) is 25.7 Å². The number of para-hydroxylation sites is 1. The lowest BCUT2D eigenvalue weighted by Gasteiger charge is -2.06. The van der Waals surface area contributed by atoms with Crippen molar-refractivity contribution < 1.29 is 4.79 Å². The molecule has 0 aliphatic carbocycles. The molecule has 29 heavy (non-hydrogen) atoms. The van der Waals surface area contributed by atoms with Gasteiger partial charge in [-0.2, -0.15) is 5.10 Å². The average molecular weight is 387 g/mol. The van der Waals surface area contributed by atoms with E-state index in [0.29, 0.717) is 23.3 Å². The molecule has 0 aliphatic heterocycles. The Kier molecular flexibility index (Phi) is 5.47. The van der Waals surface area contributed by atoms with E-state index in [4.69, 9.17) is 0 Å². The van der Waals surface area contributed by atoms with Crippen LogP contribution < -0.4 is 10.9 Å². The van der Waals surface area contributed by atoms with E-state index < -0.39 is 0 Å². The third-order valence-electron chi connectivity index (χ3n) is 4.65. The number of rotatable bonds is 7. The Morgan fingerprint density at radius 2 is 1.76 bits per heavy atom. The summed E-state index contributed by atoms with van der Waals surface area (Å²) in [6.45, 7) is 0.162. The summed E-state index contributed by atoms with van der Waals surface area (Å²) < 4.78 is 1.62. The predicted octanol–water partition coefficient (Wildman–Crippen LogP) is 2.75. The van der Waals surface area contributed by atoms with E-state index in [1.165, 1.54) is 11.8 Å². The second-order valence-corrected chi connectivity index (χ2v) is 6.76. The number of hydrogen-bond donors (Lipinski definition) is 2. The Morgan fingerprint density at radius 1 is 1.03 bits per heavy atom. The van der Waals surface area contributed by atoms with Crippen molar-refractivity contribution in [1.82, 2.24) is 25.1 Å². The summed E-state index contributed by atoms with van der Waals surface area (Å²) >= 11 is 0. The number of nitrogens with one attached hydrogen (secondary N) is 2. The first-order valence-electron chi connectivity index (χ1n) is 9.54. The minimum absolute atomic E-state index is 0.0692. The van der Waals surface area contributed by atoms with Crippen LogP contribution >= 0.6 is 0 Å². The van der Waals surface area contributed by atoms with Crippen molar-refractivity contribution in [1.29, 1.82) is 0 Å². The molecule has 4 aromatic rings. The van der Waals surface area contributed by atoms with E-state index in [1.54, 1.807) is 4.68 Å². The van der Waals surface area contributed by atoms with Crippen molar-refractivity contribution in [3.05, 3.63) is 88.6 Å². The van der Waals surface area contributed by atoms with Gasteiger partial charge in [-0.1, -0.05) is 48.5 Å². The van der Waals surface area contributed by atoms with Crippen LogP contribution in [0.25, 0.3) is 16.7 Å². The molecule has 0 atom stereocenters. The Labute approximate surface area is 167 Å². The molecule has 0 saturated heterocycles. The lowest BCUT2D eigenvalue weighted by molar-refractivity contribution is -0.121. The Balaban J connectivity index is 1.41. The molecule has 0 unspecified atom stereocenters. The molecule has 146 valence electrons. The molecule has 2 heterocycles. The number of aromatic amines is 1.